The lowest BCUT2D eigenvalue weighted by Crippen LogP contribution is -2.17. The van der Waals surface area contributed by atoms with Gasteiger partial charge in [0.25, 0.3) is 0 Å². The number of rotatable bonds is 4. The van der Waals surface area contributed by atoms with Crippen molar-refractivity contribution in [2.45, 2.75) is 57.7 Å². The molecule has 2 aliphatic rings. The molecule has 1 aromatic carbocycles. The predicted octanol–water partition coefficient (Wildman–Crippen LogP) is 3.95. The molecule has 0 aliphatic carbocycles. The van der Waals surface area contributed by atoms with Gasteiger partial charge in [0, 0.05) is 18.9 Å². The van der Waals surface area contributed by atoms with Gasteiger partial charge in [0.05, 0.1) is 19.8 Å². The second-order valence-corrected chi connectivity index (χ2v) is 7.30. The highest BCUT2D eigenvalue weighted by molar-refractivity contribution is 5.97. The molecule has 1 fully saturated rings. The second kappa shape index (κ2) is 9.73. The summed E-state index contributed by atoms with van der Waals surface area (Å²) in [4.78, 5) is 24.8. The molecule has 6 nitrogen and oxygen atoms in total. The standard InChI is InChI=1S/C22H28O6/c1-15-7-6-10-17(23)9-5-3-4-8-16-11-18(26-13-19-14-27-19)12-20(25-2)21(16)22(24)28-15/h4,8,11-12,15,19H,3,5-7,9-10,13-14H2,1-2H3/b8-4+/t15-,19+/m0/s1. The lowest BCUT2D eigenvalue weighted by atomic mass is 10.0. The molecule has 1 aromatic rings. The van der Waals surface area contributed by atoms with Crippen molar-refractivity contribution in [1.29, 1.82) is 0 Å². The molecule has 2 aliphatic heterocycles. The van der Waals surface area contributed by atoms with Gasteiger partial charge in [0.1, 0.15) is 35.6 Å². The van der Waals surface area contributed by atoms with Gasteiger partial charge in [-0.25, -0.2) is 4.79 Å². The Hall–Kier alpha value is -2.34. The lowest BCUT2D eigenvalue weighted by molar-refractivity contribution is -0.119. The lowest BCUT2D eigenvalue weighted by Gasteiger charge is -2.18. The first-order chi connectivity index (χ1) is 13.6. The van der Waals surface area contributed by atoms with Crippen molar-refractivity contribution in [3.05, 3.63) is 29.3 Å². The number of carbonyl (C=O) groups is 2. The zero-order chi connectivity index (χ0) is 19.9. The SMILES string of the molecule is COc1cc(OC[C@@H]2CO2)cc2c1C(=O)O[C@@H](C)CCCC(=O)CCC/C=C/2. The first kappa shape index (κ1) is 20.4. The third-order valence-electron chi connectivity index (χ3n) is 4.87. The maximum Gasteiger partial charge on any atom is 0.342 e. The van der Waals surface area contributed by atoms with Gasteiger partial charge >= 0.3 is 5.97 Å². The van der Waals surface area contributed by atoms with Crippen LogP contribution in [0.1, 0.15) is 61.4 Å². The fourth-order valence-corrected chi connectivity index (χ4v) is 3.20. The van der Waals surface area contributed by atoms with E-state index in [1.165, 1.54) is 7.11 Å². The summed E-state index contributed by atoms with van der Waals surface area (Å²) in [6.07, 6.45) is 7.79. The van der Waals surface area contributed by atoms with E-state index in [0.717, 1.165) is 19.3 Å². The number of benzene rings is 1. The van der Waals surface area contributed by atoms with E-state index < -0.39 is 5.97 Å². The molecule has 2 atom stereocenters. The number of esters is 1. The Morgan fingerprint density at radius 3 is 2.71 bits per heavy atom. The van der Waals surface area contributed by atoms with Crippen LogP contribution in [0.25, 0.3) is 6.08 Å². The van der Waals surface area contributed by atoms with E-state index in [9.17, 15) is 9.59 Å². The predicted molar refractivity (Wildman–Crippen MR) is 105 cm³/mol. The molecule has 0 aromatic heterocycles. The number of ketones is 1. The molecule has 152 valence electrons. The number of allylic oxidation sites excluding steroid dienone is 1. The van der Waals surface area contributed by atoms with Gasteiger partial charge in [0.15, 0.2) is 0 Å². The van der Waals surface area contributed by atoms with E-state index in [1.54, 1.807) is 6.07 Å². The number of ether oxygens (including phenoxy) is 4. The number of methoxy groups -OCH3 is 1. The Kier molecular flexibility index (Phi) is 7.09. The number of epoxide rings is 1. The zero-order valence-corrected chi connectivity index (χ0v) is 16.6. The number of Topliss-reactive ketones (excluding diaryl/α,β-unsaturated/α-hetero) is 1. The molecule has 6 heteroatoms. The van der Waals surface area contributed by atoms with Gasteiger partial charge in [-0.2, -0.15) is 0 Å². The van der Waals surface area contributed by atoms with E-state index in [0.29, 0.717) is 55.1 Å². The van der Waals surface area contributed by atoms with Crippen LogP contribution in [-0.2, 0) is 14.3 Å². The number of carbonyl (C=O) groups excluding carboxylic acids is 2. The molecule has 2 heterocycles. The average Bonchev–Trinajstić information content (AvgIpc) is 3.49. The van der Waals surface area contributed by atoms with Gasteiger partial charge in [-0.15, -0.1) is 0 Å². The van der Waals surface area contributed by atoms with Crippen LogP contribution in [0, 0.1) is 0 Å². The Morgan fingerprint density at radius 1 is 1.18 bits per heavy atom. The molecule has 0 saturated carbocycles. The van der Waals surface area contributed by atoms with Crippen molar-refractivity contribution in [2.75, 3.05) is 20.3 Å². The van der Waals surface area contributed by atoms with E-state index >= 15 is 0 Å². The highest BCUT2D eigenvalue weighted by atomic mass is 16.6. The first-order valence-electron chi connectivity index (χ1n) is 9.92. The van der Waals surface area contributed by atoms with E-state index in [2.05, 4.69) is 0 Å². The summed E-state index contributed by atoms with van der Waals surface area (Å²) >= 11 is 0. The van der Waals surface area contributed by atoms with Crippen LogP contribution in [0.2, 0.25) is 0 Å². The van der Waals surface area contributed by atoms with Crippen LogP contribution in [0.3, 0.4) is 0 Å². The third kappa shape index (κ3) is 5.83. The summed E-state index contributed by atoms with van der Waals surface area (Å²) in [5.74, 6) is 0.884. The first-order valence-corrected chi connectivity index (χ1v) is 9.92. The molecular weight excluding hydrogens is 360 g/mol. The fourth-order valence-electron chi connectivity index (χ4n) is 3.20. The van der Waals surface area contributed by atoms with Gasteiger partial charge in [0.2, 0.25) is 0 Å². The molecule has 1 saturated heterocycles. The Labute approximate surface area is 165 Å². The van der Waals surface area contributed by atoms with Gasteiger partial charge in [-0.05, 0) is 44.2 Å². The highest BCUT2D eigenvalue weighted by Gasteiger charge is 2.25. The summed E-state index contributed by atoms with van der Waals surface area (Å²) in [6, 6.07) is 3.53. The summed E-state index contributed by atoms with van der Waals surface area (Å²) in [5, 5.41) is 0. The van der Waals surface area contributed by atoms with Crippen molar-refractivity contribution >= 4 is 17.8 Å². The minimum Gasteiger partial charge on any atom is -0.496 e. The van der Waals surface area contributed by atoms with E-state index in [4.69, 9.17) is 18.9 Å². The van der Waals surface area contributed by atoms with E-state index in [1.807, 2.05) is 25.1 Å². The number of hydrogen-bond donors (Lipinski definition) is 0. The van der Waals surface area contributed by atoms with Crippen molar-refractivity contribution in [1.82, 2.24) is 0 Å². The monoisotopic (exact) mass is 388 g/mol. The summed E-state index contributed by atoms with van der Waals surface area (Å²) in [6.45, 7) is 3.03. The van der Waals surface area contributed by atoms with Crippen LogP contribution in [0.15, 0.2) is 18.2 Å². The third-order valence-corrected chi connectivity index (χ3v) is 4.87. The minimum atomic E-state index is -0.426. The summed E-state index contributed by atoms with van der Waals surface area (Å²) in [5.41, 5.74) is 1.08. The van der Waals surface area contributed by atoms with Gasteiger partial charge in [-0.3, -0.25) is 4.79 Å². The van der Waals surface area contributed by atoms with Crippen LogP contribution in [-0.4, -0.2) is 44.3 Å². The number of hydrogen-bond acceptors (Lipinski definition) is 6. The van der Waals surface area contributed by atoms with Crippen molar-refractivity contribution in [3.63, 3.8) is 0 Å². The largest absolute Gasteiger partial charge is 0.496 e. The Balaban J connectivity index is 1.89. The number of fused-ring (bicyclic) bond motifs is 1. The van der Waals surface area contributed by atoms with Crippen LogP contribution < -0.4 is 9.47 Å². The van der Waals surface area contributed by atoms with Crippen molar-refractivity contribution in [3.8, 4) is 11.5 Å². The highest BCUT2D eigenvalue weighted by Crippen LogP contribution is 2.32. The van der Waals surface area contributed by atoms with E-state index in [-0.39, 0.29) is 18.0 Å². The van der Waals surface area contributed by atoms with Gasteiger partial charge < -0.3 is 18.9 Å². The Morgan fingerprint density at radius 2 is 1.96 bits per heavy atom. The summed E-state index contributed by atoms with van der Waals surface area (Å²) < 4.78 is 22.1. The quantitative estimate of drug-likeness (QED) is 0.574. The molecule has 0 bridgehead atoms. The molecule has 0 unspecified atom stereocenters. The van der Waals surface area contributed by atoms with Crippen molar-refractivity contribution < 1.29 is 28.5 Å². The summed E-state index contributed by atoms with van der Waals surface area (Å²) in [7, 11) is 1.53. The van der Waals surface area contributed by atoms with Crippen molar-refractivity contribution in [2.24, 2.45) is 0 Å². The van der Waals surface area contributed by atoms with Gasteiger partial charge in [-0.1, -0.05) is 12.2 Å². The smallest absolute Gasteiger partial charge is 0.342 e. The maximum atomic E-state index is 12.9. The number of cyclic esters (lactones) is 1. The van der Waals surface area contributed by atoms with Crippen LogP contribution in [0.4, 0.5) is 0 Å². The maximum absolute atomic E-state index is 12.9. The molecule has 0 N–H and O–H groups in total. The second-order valence-electron chi connectivity index (χ2n) is 7.30. The van der Waals surface area contributed by atoms with Crippen LogP contribution in [0.5, 0.6) is 11.5 Å². The zero-order valence-electron chi connectivity index (χ0n) is 16.6. The molecule has 0 amide bonds. The minimum absolute atomic E-state index is 0.138. The molecule has 3 rings (SSSR count). The molecule has 28 heavy (non-hydrogen) atoms. The average molecular weight is 388 g/mol. The topological polar surface area (TPSA) is 74.4 Å². The fraction of sp³-hybridized carbons (Fsp3) is 0.545. The molecular formula is C22H28O6. The molecule has 0 spiro atoms. The Bertz CT molecular complexity index is 735. The molecule has 0 radical (unpaired) electrons. The normalized spacial score (nSPS) is 24.5. The van der Waals surface area contributed by atoms with Crippen LogP contribution >= 0.6 is 0 Å².